The summed E-state index contributed by atoms with van der Waals surface area (Å²) in [5.41, 5.74) is 6.38. The van der Waals surface area contributed by atoms with Crippen molar-refractivity contribution >= 4 is 5.91 Å². The fourth-order valence-corrected chi connectivity index (χ4v) is 3.53. The first-order chi connectivity index (χ1) is 15.5. The Labute approximate surface area is 187 Å². The van der Waals surface area contributed by atoms with Crippen LogP contribution in [0.3, 0.4) is 0 Å². The Morgan fingerprint density at radius 3 is 2.44 bits per heavy atom. The second-order valence-electron chi connectivity index (χ2n) is 7.98. The van der Waals surface area contributed by atoms with Crippen LogP contribution in [0.4, 0.5) is 0 Å². The lowest BCUT2D eigenvalue weighted by Crippen LogP contribution is -2.25. The Bertz CT molecular complexity index is 1190. The zero-order valence-corrected chi connectivity index (χ0v) is 18.6. The predicted octanol–water partition coefficient (Wildman–Crippen LogP) is 4.14. The Kier molecular flexibility index (Phi) is 6.44. The molecule has 4 rings (SSSR count). The molecule has 0 spiro atoms. The number of nitrogens with one attached hydrogen (secondary N) is 1. The molecule has 32 heavy (non-hydrogen) atoms. The first-order valence-electron chi connectivity index (χ1n) is 10.8. The van der Waals surface area contributed by atoms with E-state index in [-0.39, 0.29) is 5.91 Å². The molecule has 7 nitrogen and oxygen atoms in total. The molecule has 0 bridgehead atoms. The predicted molar refractivity (Wildman–Crippen MR) is 123 cm³/mol. The number of benzene rings is 2. The Morgan fingerprint density at radius 2 is 1.75 bits per heavy atom. The topological polar surface area (TPSA) is 85.8 Å². The average Bonchev–Trinajstić information content (AvgIpc) is 3.39. The Morgan fingerprint density at radius 1 is 1.00 bits per heavy atom. The van der Waals surface area contributed by atoms with Crippen LogP contribution in [-0.4, -0.2) is 32.4 Å². The first-order valence-corrected chi connectivity index (χ1v) is 10.8. The van der Waals surface area contributed by atoms with Crippen molar-refractivity contribution in [1.29, 1.82) is 0 Å². The van der Waals surface area contributed by atoms with Crippen molar-refractivity contribution in [1.82, 2.24) is 25.2 Å². The third kappa shape index (κ3) is 5.29. The number of hydrogen-bond acceptors (Lipinski definition) is 5. The smallest absolute Gasteiger partial charge is 0.227 e. The van der Waals surface area contributed by atoms with Crippen molar-refractivity contribution in [2.45, 2.75) is 40.0 Å². The van der Waals surface area contributed by atoms with Gasteiger partial charge in [-0.1, -0.05) is 47.1 Å². The van der Waals surface area contributed by atoms with Gasteiger partial charge in [0.1, 0.15) is 0 Å². The quantitative estimate of drug-likeness (QED) is 0.455. The van der Waals surface area contributed by atoms with Gasteiger partial charge in [0.05, 0.1) is 11.4 Å². The van der Waals surface area contributed by atoms with Crippen LogP contribution in [-0.2, 0) is 17.6 Å². The van der Waals surface area contributed by atoms with E-state index in [9.17, 15) is 4.79 Å². The minimum absolute atomic E-state index is 0.0284. The van der Waals surface area contributed by atoms with Gasteiger partial charge in [0.2, 0.25) is 17.6 Å². The molecule has 0 saturated carbocycles. The summed E-state index contributed by atoms with van der Waals surface area (Å²) in [4.78, 5) is 16.6. The summed E-state index contributed by atoms with van der Waals surface area (Å²) < 4.78 is 7.22. The van der Waals surface area contributed by atoms with E-state index in [2.05, 4.69) is 50.9 Å². The monoisotopic (exact) mass is 429 g/mol. The molecule has 0 atom stereocenters. The van der Waals surface area contributed by atoms with E-state index in [0.29, 0.717) is 31.1 Å². The van der Waals surface area contributed by atoms with E-state index in [1.54, 1.807) is 0 Å². The van der Waals surface area contributed by atoms with Crippen LogP contribution in [0.1, 0.15) is 34.8 Å². The largest absolute Gasteiger partial charge is 0.356 e. The highest BCUT2D eigenvalue weighted by molar-refractivity contribution is 5.76. The normalized spacial score (nSPS) is 11.0. The van der Waals surface area contributed by atoms with Gasteiger partial charge in [-0.15, -0.1) is 0 Å². The summed E-state index contributed by atoms with van der Waals surface area (Å²) in [5, 5.41) is 11.5. The van der Waals surface area contributed by atoms with Crippen molar-refractivity contribution < 1.29 is 9.32 Å². The maximum Gasteiger partial charge on any atom is 0.227 e. The lowest BCUT2D eigenvalue weighted by atomic mass is 10.1. The summed E-state index contributed by atoms with van der Waals surface area (Å²) in [6, 6.07) is 18.2. The minimum atomic E-state index is -0.0284. The van der Waals surface area contributed by atoms with E-state index >= 15 is 0 Å². The first kappa shape index (κ1) is 21.5. The number of amides is 1. The number of aryl methyl sites for hydroxylation is 4. The van der Waals surface area contributed by atoms with Gasteiger partial charge in [-0.3, -0.25) is 4.79 Å². The molecule has 0 radical (unpaired) electrons. The fraction of sp³-hybridized carbons (Fsp3) is 0.280. The summed E-state index contributed by atoms with van der Waals surface area (Å²) >= 11 is 0. The van der Waals surface area contributed by atoms with Gasteiger partial charge in [-0.05, 0) is 51.0 Å². The highest BCUT2D eigenvalue weighted by atomic mass is 16.5. The van der Waals surface area contributed by atoms with E-state index < -0.39 is 0 Å². The van der Waals surface area contributed by atoms with Crippen LogP contribution in [0.25, 0.3) is 17.1 Å². The summed E-state index contributed by atoms with van der Waals surface area (Å²) in [7, 11) is 0. The maximum absolute atomic E-state index is 12.2. The van der Waals surface area contributed by atoms with Crippen LogP contribution in [0.15, 0.2) is 59.1 Å². The molecular weight excluding hydrogens is 402 g/mol. The van der Waals surface area contributed by atoms with Crippen LogP contribution < -0.4 is 5.32 Å². The van der Waals surface area contributed by atoms with E-state index in [4.69, 9.17) is 4.52 Å². The van der Waals surface area contributed by atoms with Crippen molar-refractivity contribution in [2.75, 3.05) is 6.54 Å². The molecule has 1 amide bonds. The van der Waals surface area contributed by atoms with Crippen molar-refractivity contribution in [3.8, 4) is 17.1 Å². The van der Waals surface area contributed by atoms with Gasteiger partial charge in [-0.25, -0.2) is 4.68 Å². The molecule has 164 valence electrons. The third-order valence-electron chi connectivity index (χ3n) is 5.27. The van der Waals surface area contributed by atoms with Crippen molar-refractivity contribution in [2.24, 2.45) is 0 Å². The number of hydrogen-bond donors (Lipinski definition) is 1. The number of aromatic nitrogens is 4. The molecule has 0 aliphatic rings. The fourth-order valence-electron chi connectivity index (χ4n) is 3.53. The molecule has 2 heterocycles. The van der Waals surface area contributed by atoms with Gasteiger partial charge in [0.25, 0.3) is 0 Å². The molecule has 0 aliphatic carbocycles. The number of carbonyl (C=O) groups is 1. The second-order valence-corrected chi connectivity index (χ2v) is 7.98. The van der Waals surface area contributed by atoms with E-state index in [1.165, 1.54) is 5.56 Å². The SMILES string of the molecule is Cc1ccc(-c2noc(CCC(=O)NCCc3ccc(-n4nc(C)cc4C)cc3)n2)cc1. The highest BCUT2D eigenvalue weighted by Crippen LogP contribution is 2.17. The third-order valence-corrected chi connectivity index (χ3v) is 5.27. The molecule has 0 fully saturated rings. The average molecular weight is 430 g/mol. The van der Waals surface area contributed by atoms with E-state index in [0.717, 1.165) is 34.6 Å². The van der Waals surface area contributed by atoms with Gasteiger partial charge in [0, 0.05) is 30.6 Å². The van der Waals surface area contributed by atoms with E-state index in [1.807, 2.05) is 49.7 Å². The van der Waals surface area contributed by atoms with Gasteiger partial charge in [-0.2, -0.15) is 10.1 Å². The molecule has 7 heteroatoms. The van der Waals surface area contributed by atoms with Gasteiger partial charge >= 0.3 is 0 Å². The standard InChI is InChI=1S/C25H27N5O2/c1-17-4-8-21(9-5-17)25-27-24(32-29-25)13-12-23(31)26-15-14-20-6-10-22(11-7-20)30-19(3)16-18(2)28-30/h4-11,16H,12-15H2,1-3H3,(H,26,31). The molecule has 0 saturated heterocycles. The highest BCUT2D eigenvalue weighted by Gasteiger charge is 2.11. The van der Waals surface area contributed by atoms with Crippen molar-refractivity contribution in [3.05, 3.63) is 83.0 Å². The molecular formula is C25H27N5O2. The van der Waals surface area contributed by atoms with Crippen LogP contribution in [0.2, 0.25) is 0 Å². The van der Waals surface area contributed by atoms with Gasteiger partial charge in [0.15, 0.2) is 0 Å². The van der Waals surface area contributed by atoms with Crippen LogP contribution in [0, 0.1) is 20.8 Å². The lowest BCUT2D eigenvalue weighted by Gasteiger charge is -2.07. The Hall–Kier alpha value is -3.74. The summed E-state index contributed by atoms with van der Waals surface area (Å²) in [5.74, 6) is 0.985. The van der Waals surface area contributed by atoms with Gasteiger partial charge < -0.3 is 9.84 Å². The molecule has 4 aromatic rings. The molecule has 2 aromatic carbocycles. The number of carbonyl (C=O) groups excluding carboxylic acids is 1. The lowest BCUT2D eigenvalue weighted by molar-refractivity contribution is -0.121. The maximum atomic E-state index is 12.2. The molecule has 0 unspecified atom stereocenters. The van der Waals surface area contributed by atoms with Crippen molar-refractivity contribution in [3.63, 3.8) is 0 Å². The number of rotatable bonds is 8. The summed E-state index contributed by atoms with van der Waals surface area (Å²) in [6.07, 6.45) is 1.50. The zero-order chi connectivity index (χ0) is 22.5. The second kappa shape index (κ2) is 9.60. The van der Waals surface area contributed by atoms with Crippen LogP contribution in [0.5, 0.6) is 0 Å². The molecule has 2 aromatic heterocycles. The Balaban J connectivity index is 1.22. The molecule has 0 aliphatic heterocycles. The molecule has 1 N–H and O–H groups in total. The van der Waals surface area contributed by atoms with Crippen LogP contribution >= 0.6 is 0 Å². The summed E-state index contributed by atoms with van der Waals surface area (Å²) in [6.45, 7) is 6.64. The zero-order valence-electron chi connectivity index (χ0n) is 18.6. The minimum Gasteiger partial charge on any atom is -0.356 e. The number of nitrogens with zero attached hydrogens (tertiary/aromatic N) is 4.